The smallest absolute Gasteiger partial charge is 0.0349 e. The summed E-state index contributed by atoms with van der Waals surface area (Å²) in [7, 11) is 1.59. The first-order valence-corrected chi connectivity index (χ1v) is 10.5. The molecule has 0 unspecified atom stereocenters. The SMILES string of the molecule is CCSC=S=S(=S)=S(=S)=S. The normalized spacial score (nSPS) is 8.50. The van der Waals surface area contributed by atoms with Crippen LogP contribution in [0, 0.1) is 0 Å². The third-order valence-electron chi connectivity index (χ3n) is 0.464. The zero-order chi connectivity index (χ0) is 7.98. The predicted molar refractivity (Wildman–Crippen MR) is 68.4 cm³/mol. The molecule has 60 valence electrons. The van der Waals surface area contributed by atoms with Gasteiger partial charge in [0.2, 0.25) is 0 Å². The predicted octanol–water partition coefficient (Wildman–Crippen LogP) is 1.03. The lowest BCUT2D eigenvalue weighted by Crippen LogP contribution is -1.64. The van der Waals surface area contributed by atoms with Crippen molar-refractivity contribution in [3.05, 3.63) is 0 Å². The Kier molecular flexibility index (Phi) is 8.31. The van der Waals surface area contributed by atoms with Crippen molar-refractivity contribution in [3.8, 4) is 0 Å². The molecule has 0 saturated heterocycles. The first-order valence-electron chi connectivity index (χ1n) is 2.30. The Morgan fingerprint density at radius 1 is 1.40 bits per heavy atom. The van der Waals surface area contributed by atoms with E-state index in [1.165, 1.54) is 0 Å². The summed E-state index contributed by atoms with van der Waals surface area (Å²) >= 11 is 16.5. The van der Waals surface area contributed by atoms with Crippen LogP contribution >= 0.6 is 11.8 Å². The molecular weight excluding hydrogens is 261 g/mol. The summed E-state index contributed by atoms with van der Waals surface area (Å²) in [6.45, 7) is 1.42. The Hall–Kier alpha value is 1.54. The molecule has 0 nitrogen and oxygen atoms in total. The van der Waals surface area contributed by atoms with Crippen LogP contribution in [0.5, 0.6) is 0 Å². The maximum absolute atomic E-state index is 5.02. The second-order valence-corrected chi connectivity index (χ2v) is 14.1. The lowest BCUT2D eigenvalue weighted by atomic mass is 11.0. The van der Waals surface area contributed by atoms with E-state index in [1.807, 2.05) is 4.70 Å². The monoisotopic (exact) mass is 266 g/mol. The summed E-state index contributed by atoms with van der Waals surface area (Å²) in [6.07, 6.45) is 0. The third-order valence-corrected chi connectivity index (χ3v) is 13.3. The molecule has 0 aliphatic carbocycles. The number of hydrogen-bond acceptors (Lipinski definition) is 4. The molecule has 0 aromatic carbocycles. The topological polar surface area (TPSA) is 0 Å². The Morgan fingerprint density at radius 2 is 2.00 bits per heavy atom. The summed E-state index contributed by atoms with van der Waals surface area (Å²) < 4.78 is 2.04. The van der Waals surface area contributed by atoms with Crippen molar-refractivity contribution in [3.63, 3.8) is 0 Å². The highest BCUT2D eigenvalue weighted by Crippen LogP contribution is 1.87. The molecule has 0 heterocycles. The molecule has 0 aromatic rings. The van der Waals surface area contributed by atoms with Gasteiger partial charge in [-0.25, -0.2) is 0 Å². The quantitative estimate of drug-likeness (QED) is 0.685. The molecule has 0 radical (unpaired) electrons. The van der Waals surface area contributed by atoms with E-state index in [0.717, 1.165) is 5.75 Å². The number of hydrogen-bond donors (Lipinski definition) is 0. The zero-order valence-electron chi connectivity index (χ0n) is 5.14. The van der Waals surface area contributed by atoms with Gasteiger partial charge in [-0.2, -0.15) is 0 Å². The largest absolute Gasteiger partial charge is 0.123 e. The van der Waals surface area contributed by atoms with E-state index in [2.05, 4.69) is 6.92 Å². The fourth-order valence-electron chi connectivity index (χ4n) is 0.160. The van der Waals surface area contributed by atoms with Gasteiger partial charge in [-0.1, -0.05) is 16.8 Å². The van der Waals surface area contributed by atoms with Crippen molar-refractivity contribution in [2.45, 2.75) is 6.92 Å². The standard InChI is InChI=1S/C3H6S7/c1-2-7-3-8-10(6)9(4)5/h3H,2H2,1H3. The first-order chi connectivity index (χ1) is 4.68. The Labute approximate surface area is 84.8 Å². The van der Waals surface area contributed by atoms with Gasteiger partial charge in [-0.15, -0.1) is 11.8 Å². The van der Waals surface area contributed by atoms with Crippen LogP contribution < -0.4 is 0 Å². The zero-order valence-corrected chi connectivity index (χ0v) is 10.9. The van der Waals surface area contributed by atoms with E-state index in [0.29, 0.717) is 0 Å². The van der Waals surface area contributed by atoms with Gasteiger partial charge in [-0.3, -0.25) is 0 Å². The van der Waals surface area contributed by atoms with Crippen LogP contribution in [0.3, 0.4) is 0 Å². The molecule has 0 atom stereocenters. The minimum atomic E-state index is -0.436. The Morgan fingerprint density at radius 3 is 2.40 bits per heavy atom. The lowest BCUT2D eigenvalue weighted by molar-refractivity contribution is 1.54. The highest BCUT2D eigenvalue weighted by atomic mass is 33.5. The number of rotatable bonds is 2. The van der Waals surface area contributed by atoms with Gasteiger partial charge in [0.25, 0.3) is 0 Å². The van der Waals surface area contributed by atoms with Crippen LogP contribution in [0.15, 0.2) is 0 Å². The summed E-state index contributed by atoms with van der Waals surface area (Å²) in [5.41, 5.74) is 0. The van der Waals surface area contributed by atoms with Gasteiger partial charge in [0.1, 0.15) is 0 Å². The minimum Gasteiger partial charge on any atom is -0.123 e. The molecule has 0 bridgehead atoms. The maximum Gasteiger partial charge on any atom is 0.0349 e. The fourth-order valence-corrected chi connectivity index (χ4v) is 6.56. The van der Waals surface area contributed by atoms with Gasteiger partial charge in [0, 0.05) is 4.70 Å². The van der Waals surface area contributed by atoms with Crippen LogP contribution in [0.1, 0.15) is 6.92 Å². The molecule has 0 aliphatic heterocycles. The Balaban J connectivity index is 4.84. The average molecular weight is 267 g/mol. The van der Waals surface area contributed by atoms with E-state index in [4.69, 9.17) is 33.6 Å². The fraction of sp³-hybridized carbons (Fsp3) is 0.667. The molecular formula is C3H6S7. The molecule has 0 amide bonds. The molecule has 0 aliphatic rings. The Bertz CT molecular complexity index is 340. The third kappa shape index (κ3) is 6.26. The molecule has 0 rings (SSSR count). The van der Waals surface area contributed by atoms with Crippen molar-refractivity contribution in [1.29, 1.82) is 0 Å². The molecule has 0 aromatic heterocycles. The van der Waals surface area contributed by atoms with Gasteiger partial charge in [0.15, 0.2) is 0 Å². The van der Waals surface area contributed by atoms with Crippen LogP contribution in [0.25, 0.3) is 0 Å². The summed E-state index contributed by atoms with van der Waals surface area (Å²) in [5.74, 6) is 1.09. The maximum atomic E-state index is 5.02. The first kappa shape index (κ1) is 11.5. The second-order valence-electron chi connectivity index (χ2n) is 1.06. The van der Waals surface area contributed by atoms with Crippen LogP contribution in [0.4, 0.5) is 0 Å². The van der Waals surface area contributed by atoms with Crippen molar-refractivity contribution in [1.82, 2.24) is 0 Å². The molecule has 0 spiro atoms. The minimum absolute atomic E-state index is 0.242. The van der Waals surface area contributed by atoms with Crippen molar-refractivity contribution in [2.75, 3.05) is 5.75 Å². The molecule has 0 N–H and O–H groups in total. The highest BCUT2D eigenvalue weighted by molar-refractivity contribution is 8.80. The van der Waals surface area contributed by atoms with E-state index < -0.39 is 6.57 Å². The van der Waals surface area contributed by atoms with Gasteiger partial charge in [0.05, 0.1) is 0 Å². The van der Waals surface area contributed by atoms with Crippen LogP contribution in [-0.4, -0.2) is 10.5 Å². The highest BCUT2D eigenvalue weighted by Gasteiger charge is 1.66. The summed E-state index contributed by atoms with van der Waals surface area (Å²) in [6, 6.07) is 0. The van der Waals surface area contributed by atoms with E-state index in [-0.39, 0.29) is 6.57 Å². The van der Waals surface area contributed by atoms with Crippen molar-refractivity contribution < 1.29 is 0 Å². The number of thioether (sulfide) groups is 1. The average Bonchev–Trinajstić information content (AvgIpc) is 1.88. The van der Waals surface area contributed by atoms with Gasteiger partial charge >= 0.3 is 0 Å². The lowest BCUT2D eigenvalue weighted by Gasteiger charge is -1.74. The molecule has 10 heavy (non-hydrogen) atoms. The van der Waals surface area contributed by atoms with E-state index in [1.54, 1.807) is 21.7 Å². The van der Waals surface area contributed by atoms with Crippen LogP contribution in [0.2, 0.25) is 0 Å². The van der Waals surface area contributed by atoms with Crippen LogP contribution in [-0.2, 0) is 56.6 Å². The van der Waals surface area contributed by atoms with E-state index >= 15 is 0 Å². The van der Waals surface area contributed by atoms with Crippen molar-refractivity contribution >= 4 is 73.1 Å². The van der Waals surface area contributed by atoms with Gasteiger partial charge < -0.3 is 0 Å². The molecule has 0 fully saturated rings. The molecule has 7 heteroatoms. The summed E-state index contributed by atoms with van der Waals surface area (Å²) in [5, 5.41) is 0. The summed E-state index contributed by atoms with van der Waals surface area (Å²) in [4.78, 5) is 0. The molecule has 0 saturated carbocycles. The van der Waals surface area contributed by atoms with Crippen molar-refractivity contribution in [2.24, 2.45) is 0 Å². The van der Waals surface area contributed by atoms with E-state index in [9.17, 15) is 0 Å². The van der Waals surface area contributed by atoms with Gasteiger partial charge in [-0.05, 0) is 52.5 Å². The second kappa shape index (κ2) is 7.20.